The number of thioether (sulfide) groups is 1. The van der Waals surface area contributed by atoms with Crippen molar-refractivity contribution in [3.63, 3.8) is 0 Å². The topological polar surface area (TPSA) is 20.3 Å². The van der Waals surface area contributed by atoms with Crippen molar-refractivity contribution in [3.05, 3.63) is 28.2 Å². The van der Waals surface area contributed by atoms with Crippen LogP contribution in [0.3, 0.4) is 0 Å². The molecular weight excluding hydrogens is 301 g/mol. The van der Waals surface area contributed by atoms with Crippen LogP contribution in [0.5, 0.6) is 0 Å². The maximum Gasteiger partial charge on any atom is 0.232 e. The number of amides is 1. The normalized spacial score (nSPS) is 19.5. The van der Waals surface area contributed by atoms with Gasteiger partial charge in [-0.2, -0.15) is 0 Å². The van der Waals surface area contributed by atoms with E-state index in [4.69, 9.17) is 23.2 Å². The van der Waals surface area contributed by atoms with Gasteiger partial charge >= 0.3 is 0 Å². The number of hydrogen-bond donors (Lipinski definition) is 0. The summed E-state index contributed by atoms with van der Waals surface area (Å²) in [4.78, 5) is 15.0. The minimum atomic E-state index is 0.188. The number of likely N-dealkylation sites (tertiary alicyclic amines) is 1. The van der Waals surface area contributed by atoms with Crippen molar-refractivity contribution >= 4 is 40.9 Å². The molecule has 5 heteroatoms. The molecule has 0 spiro atoms. The van der Waals surface area contributed by atoms with E-state index >= 15 is 0 Å². The third-order valence-electron chi connectivity index (χ3n) is 3.25. The summed E-state index contributed by atoms with van der Waals surface area (Å²) in [7, 11) is 0. The molecule has 0 saturated carbocycles. The summed E-state index contributed by atoms with van der Waals surface area (Å²) in [6.45, 7) is 3.95. The first-order valence-electron chi connectivity index (χ1n) is 6.42. The van der Waals surface area contributed by atoms with Gasteiger partial charge < -0.3 is 4.90 Å². The molecule has 1 amide bonds. The van der Waals surface area contributed by atoms with E-state index in [0.29, 0.717) is 21.7 Å². The van der Waals surface area contributed by atoms with E-state index in [1.54, 1.807) is 18.2 Å². The van der Waals surface area contributed by atoms with Gasteiger partial charge in [0.2, 0.25) is 5.91 Å². The van der Waals surface area contributed by atoms with Gasteiger partial charge in [-0.15, -0.1) is 11.8 Å². The minimum Gasteiger partial charge on any atom is -0.342 e. The van der Waals surface area contributed by atoms with Crippen LogP contribution in [-0.4, -0.2) is 29.6 Å². The smallest absolute Gasteiger partial charge is 0.232 e. The van der Waals surface area contributed by atoms with Crippen molar-refractivity contribution in [1.29, 1.82) is 0 Å². The van der Waals surface area contributed by atoms with Gasteiger partial charge in [0.25, 0.3) is 0 Å². The van der Waals surface area contributed by atoms with E-state index in [1.165, 1.54) is 18.2 Å². The average molecular weight is 318 g/mol. The summed E-state index contributed by atoms with van der Waals surface area (Å²) in [6.07, 6.45) is 2.33. The predicted octanol–water partition coefficient (Wildman–Crippen LogP) is 4.34. The summed E-state index contributed by atoms with van der Waals surface area (Å²) < 4.78 is 0. The van der Waals surface area contributed by atoms with Crippen molar-refractivity contribution in [2.45, 2.75) is 24.7 Å². The summed E-state index contributed by atoms with van der Waals surface area (Å²) in [6, 6.07) is 5.32. The summed E-state index contributed by atoms with van der Waals surface area (Å²) >= 11 is 13.5. The molecule has 1 atom stereocenters. The fourth-order valence-electron chi connectivity index (χ4n) is 2.23. The Morgan fingerprint density at radius 3 is 3.00 bits per heavy atom. The van der Waals surface area contributed by atoms with E-state index in [1.807, 2.05) is 4.90 Å². The molecular formula is C14H17Cl2NOS. The zero-order valence-corrected chi connectivity index (χ0v) is 13.2. The van der Waals surface area contributed by atoms with E-state index < -0.39 is 0 Å². The van der Waals surface area contributed by atoms with Crippen LogP contribution in [0, 0.1) is 5.92 Å². The van der Waals surface area contributed by atoms with Gasteiger partial charge in [0, 0.05) is 23.0 Å². The lowest BCUT2D eigenvalue weighted by atomic mass is 10.0. The van der Waals surface area contributed by atoms with Crippen LogP contribution in [0.1, 0.15) is 19.8 Å². The molecule has 0 aromatic heterocycles. The number of rotatable bonds is 3. The van der Waals surface area contributed by atoms with E-state index in [9.17, 15) is 4.79 Å². The van der Waals surface area contributed by atoms with Crippen LogP contribution in [0.4, 0.5) is 0 Å². The molecule has 1 heterocycles. The molecule has 0 radical (unpaired) electrons. The number of nitrogens with zero attached hydrogens (tertiary/aromatic N) is 1. The summed E-state index contributed by atoms with van der Waals surface area (Å²) in [5.74, 6) is 1.22. The quantitative estimate of drug-likeness (QED) is 0.773. The second kappa shape index (κ2) is 6.87. The van der Waals surface area contributed by atoms with Crippen LogP contribution < -0.4 is 0 Å². The second-order valence-corrected chi connectivity index (χ2v) is 6.81. The second-order valence-electron chi connectivity index (χ2n) is 4.95. The van der Waals surface area contributed by atoms with Gasteiger partial charge in [0.15, 0.2) is 0 Å². The minimum absolute atomic E-state index is 0.188. The molecule has 0 aliphatic carbocycles. The predicted molar refractivity (Wildman–Crippen MR) is 82.2 cm³/mol. The maximum absolute atomic E-state index is 12.1. The molecule has 104 valence electrons. The Kier molecular flexibility index (Phi) is 5.43. The Labute approximate surface area is 128 Å². The number of halogens is 2. The standard InChI is InChI=1S/C14H17Cl2NOS/c1-10-3-2-6-17(8-10)14(18)9-19-13-7-11(15)4-5-12(13)16/h4-5,7,10H,2-3,6,8-9H2,1H3. The van der Waals surface area contributed by atoms with E-state index in [-0.39, 0.29) is 5.91 Å². The largest absolute Gasteiger partial charge is 0.342 e. The van der Waals surface area contributed by atoms with Gasteiger partial charge in [0.05, 0.1) is 10.8 Å². The molecule has 1 aromatic carbocycles. The molecule has 1 saturated heterocycles. The molecule has 0 N–H and O–H groups in total. The van der Waals surface area contributed by atoms with E-state index in [2.05, 4.69) is 6.92 Å². The van der Waals surface area contributed by atoms with Crippen molar-refractivity contribution < 1.29 is 4.79 Å². The first-order chi connectivity index (χ1) is 9.06. The van der Waals surface area contributed by atoms with E-state index in [0.717, 1.165) is 24.4 Å². The van der Waals surface area contributed by atoms with Gasteiger partial charge in [-0.05, 0) is 37.0 Å². The molecule has 1 aliphatic heterocycles. The highest BCUT2D eigenvalue weighted by molar-refractivity contribution is 8.00. The zero-order valence-electron chi connectivity index (χ0n) is 10.9. The molecule has 1 fully saturated rings. The lowest BCUT2D eigenvalue weighted by Crippen LogP contribution is -2.40. The lowest BCUT2D eigenvalue weighted by Gasteiger charge is -2.30. The van der Waals surface area contributed by atoms with Crippen molar-refractivity contribution in [1.82, 2.24) is 4.90 Å². The third-order valence-corrected chi connectivity index (χ3v) is 4.97. The van der Waals surface area contributed by atoms with Crippen LogP contribution >= 0.6 is 35.0 Å². The molecule has 2 nitrogen and oxygen atoms in total. The van der Waals surface area contributed by atoms with Crippen molar-refractivity contribution in [2.75, 3.05) is 18.8 Å². The van der Waals surface area contributed by atoms with Gasteiger partial charge in [0.1, 0.15) is 0 Å². The Bertz CT molecular complexity index is 467. The molecule has 1 aliphatic rings. The number of carbonyl (C=O) groups excluding carboxylic acids is 1. The highest BCUT2D eigenvalue weighted by Crippen LogP contribution is 2.30. The van der Waals surface area contributed by atoms with Crippen molar-refractivity contribution in [2.24, 2.45) is 5.92 Å². The Hall–Kier alpha value is -0.380. The highest BCUT2D eigenvalue weighted by atomic mass is 35.5. The van der Waals surface area contributed by atoms with Gasteiger partial charge in [-0.3, -0.25) is 4.79 Å². The molecule has 0 bridgehead atoms. The number of hydrogen-bond acceptors (Lipinski definition) is 2. The molecule has 1 aromatic rings. The monoisotopic (exact) mass is 317 g/mol. The zero-order chi connectivity index (χ0) is 13.8. The van der Waals surface area contributed by atoms with Crippen LogP contribution in [-0.2, 0) is 4.79 Å². The SMILES string of the molecule is CC1CCCN(C(=O)CSc2cc(Cl)ccc2Cl)C1. The first kappa shape index (κ1) is 15.0. The molecule has 19 heavy (non-hydrogen) atoms. The number of carbonyl (C=O) groups is 1. The highest BCUT2D eigenvalue weighted by Gasteiger charge is 2.20. The average Bonchev–Trinajstić information content (AvgIpc) is 2.39. The van der Waals surface area contributed by atoms with Crippen LogP contribution in [0.15, 0.2) is 23.1 Å². The Balaban J connectivity index is 1.91. The van der Waals surface area contributed by atoms with Crippen molar-refractivity contribution in [3.8, 4) is 0 Å². The maximum atomic E-state index is 12.1. The first-order valence-corrected chi connectivity index (χ1v) is 8.16. The summed E-state index contributed by atoms with van der Waals surface area (Å²) in [5, 5.41) is 1.29. The Morgan fingerprint density at radius 1 is 1.47 bits per heavy atom. The van der Waals surface area contributed by atoms with Gasteiger partial charge in [-0.25, -0.2) is 0 Å². The van der Waals surface area contributed by atoms with Crippen LogP contribution in [0.25, 0.3) is 0 Å². The number of benzene rings is 1. The van der Waals surface area contributed by atoms with Gasteiger partial charge in [-0.1, -0.05) is 30.1 Å². The van der Waals surface area contributed by atoms with Crippen LogP contribution in [0.2, 0.25) is 10.0 Å². The third kappa shape index (κ3) is 4.30. The summed E-state index contributed by atoms with van der Waals surface area (Å²) in [5.41, 5.74) is 0. The molecule has 2 rings (SSSR count). The molecule has 1 unspecified atom stereocenters. The number of piperidine rings is 1. The lowest BCUT2D eigenvalue weighted by molar-refractivity contribution is -0.130. The fourth-order valence-corrected chi connectivity index (χ4v) is 3.63. The fraction of sp³-hybridized carbons (Fsp3) is 0.500. The Morgan fingerprint density at radius 2 is 2.26 bits per heavy atom.